The molecule has 1 N–H and O–H groups in total. The molecule has 2 bridgehead atoms. The lowest BCUT2D eigenvalue weighted by Gasteiger charge is -2.42. The fourth-order valence-corrected chi connectivity index (χ4v) is 8.84. The molecule has 3 saturated heterocycles. The maximum atomic E-state index is 14.3. The Hall–Kier alpha value is -1.80. The zero-order chi connectivity index (χ0) is 26.8. The third-order valence-corrected chi connectivity index (χ3v) is 10.6. The van der Waals surface area contributed by atoms with Crippen LogP contribution < -0.4 is 0 Å². The molecule has 0 saturated carbocycles. The van der Waals surface area contributed by atoms with Crippen LogP contribution in [0.15, 0.2) is 25.3 Å². The summed E-state index contributed by atoms with van der Waals surface area (Å²) in [5.41, 5.74) is 0. The number of aliphatic hydroxyl groups excluding tert-OH is 1. The second kappa shape index (κ2) is 11.3. The maximum absolute atomic E-state index is 14.3. The number of rotatable bonds is 13. The van der Waals surface area contributed by atoms with Crippen LogP contribution in [-0.2, 0) is 19.1 Å². The van der Waals surface area contributed by atoms with Crippen molar-refractivity contribution in [3.05, 3.63) is 25.3 Å². The molecule has 36 heavy (non-hydrogen) atoms. The maximum Gasteiger partial charge on any atom is 0.311 e. The van der Waals surface area contributed by atoms with Gasteiger partial charge < -0.3 is 19.6 Å². The van der Waals surface area contributed by atoms with Crippen molar-refractivity contribution < 1.29 is 24.2 Å². The van der Waals surface area contributed by atoms with E-state index in [0.29, 0.717) is 19.4 Å². The van der Waals surface area contributed by atoms with Crippen LogP contribution in [0.4, 0.5) is 0 Å². The van der Waals surface area contributed by atoms with Crippen LogP contribution >= 0.6 is 11.8 Å². The predicted octanol–water partition coefficient (Wildman–Crippen LogP) is 3.81. The van der Waals surface area contributed by atoms with E-state index in [-0.39, 0.29) is 43.0 Å². The summed E-state index contributed by atoms with van der Waals surface area (Å²) in [5, 5.41) is 10.4. The van der Waals surface area contributed by atoms with E-state index in [4.69, 9.17) is 4.74 Å². The van der Waals surface area contributed by atoms with Crippen molar-refractivity contribution in [1.29, 1.82) is 0 Å². The molecule has 7 nitrogen and oxygen atoms in total. The molecule has 202 valence electrons. The molecule has 2 amide bonds. The van der Waals surface area contributed by atoms with Gasteiger partial charge in [0.05, 0.1) is 35.8 Å². The fourth-order valence-electron chi connectivity index (χ4n) is 6.51. The molecule has 3 fully saturated rings. The summed E-state index contributed by atoms with van der Waals surface area (Å²) in [6, 6.07) is -1.32. The van der Waals surface area contributed by atoms with E-state index in [1.165, 1.54) is 0 Å². The minimum atomic E-state index is -0.742. The monoisotopic (exact) mass is 520 g/mol. The molecule has 3 aliphatic rings. The summed E-state index contributed by atoms with van der Waals surface area (Å²) in [6.07, 6.45) is 7.11. The highest BCUT2D eigenvalue weighted by atomic mass is 32.2. The predicted molar refractivity (Wildman–Crippen MR) is 143 cm³/mol. The molecule has 3 heterocycles. The number of fused-ring (bicyclic) bond motifs is 1. The van der Waals surface area contributed by atoms with Gasteiger partial charge in [-0.05, 0) is 52.4 Å². The highest BCUT2D eigenvalue weighted by molar-refractivity contribution is 8.02. The minimum absolute atomic E-state index is 0.00141. The summed E-state index contributed by atoms with van der Waals surface area (Å²) in [5.74, 6) is -1.93. The number of aliphatic hydroxyl groups is 1. The summed E-state index contributed by atoms with van der Waals surface area (Å²) in [4.78, 5) is 45.4. The lowest BCUT2D eigenvalue weighted by atomic mass is 9.66. The van der Waals surface area contributed by atoms with Gasteiger partial charge in [-0.3, -0.25) is 14.4 Å². The Balaban J connectivity index is 2.08. The van der Waals surface area contributed by atoms with E-state index in [0.717, 1.165) is 19.3 Å². The average molecular weight is 521 g/mol. The summed E-state index contributed by atoms with van der Waals surface area (Å²) < 4.78 is 4.50. The third kappa shape index (κ3) is 4.64. The molecule has 0 aliphatic carbocycles. The van der Waals surface area contributed by atoms with Gasteiger partial charge in [-0.15, -0.1) is 24.9 Å². The zero-order valence-electron chi connectivity index (χ0n) is 22.6. The Bertz CT molecular complexity index is 878. The lowest BCUT2D eigenvalue weighted by molar-refractivity contribution is -0.156. The highest BCUT2D eigenvalue weighted by Crippen LogP contribution is 2.72. The number of nitrogens with zero attached hydrogens (tertiary/aromatic N) is 2. The third-order valence-electron chi connectivity index (χ3n) is 8.58. The van der Waals surface area contributed by atoms with Gasteiger partial charge in [0.1, 0.15) is 6.04 Å². The Morgan fingerprint density at radius 3 is 2.53 bits per heavy atom. The second-order valence-electron chi connectivity index (χ2n) is 11.1. The van der Waals surface area contributed by atoms with Crippen molar-refractivity contribution >= 4 is 29.5 Å². The number of thioether (sulfide) groups is 1. The van der Waals surface area contributed by atoms with E-state index in [1.807, 2.05) is 34.6 Å². The van der Waals surface area contributed by atoms with Gasteiger partial charge in [0.2, 0.25) is 11.8 Å². The standard InChI is InChI=1S/C28H44N2O5S/c1-8-11-12-16-35-26(34)22-21-24(32)30(20(17-31)19(6)10-3)23(25(33)29(15-9-2)18(4)5)28(21)14-13-27(22,7)36-28/h8-9,18-23,31H,1-2,10-17H2,3-7H3/t19-,20-,21-,22+,23?,27-,28?/m0/s1. The summed E-state index contributed by atoms with van der Waals surface area (Å²) in [7, 11) is 0. The number of allylic oxidation sites excluding steroid dienone is 1. The minimum Gasteiger partial charge on any atom is -0.465 e. The number of likely N-dealkylation sites (tertiary alicyclic amines) is 1. The quantitative estimate of drug-likeness (QED) is 0.226. The molecular weight excluding hydrogens is 476 g/mol. The number of amides is 2. The largest absolute Gasteiger partial charge is 0.465 e. The van der Waals surface area contributed by atoms with E-state index < -0.39 is 33.4 Å². The van der Waals surface area contributed by atoms with Crippen molar-refractivity contribution in [3.63, 3.8) is 0 Å². The van der Waals surface area contributed by atoms with Gasteiger partial charge in [0, 0.05) is 17.3 Å². The van der Waals surface area contributed by atoms with Crippen molar-refractivity contribution in [3.8, 4) is 0 Å². The summed E-state index contributed by atoms with van der Waals surface area (Å²) in [6.45, 7) is 18.0. The highest BCUT2D eigenvalue weighted by Gasteiger charge is 2.78. The number of carbonyl (C=O) groups excluding carboxylic acids is 3. The van der Waals surface area contributed by atoms with Crippen LogP contribution in [0.3, 0.4) is 0 Å². The van der Waals surface area contributed by atoms with Crippen LogP contribution in [0.5, 0.6) is 0 Å². The number of hydrogen-bond acceptors (Lipinski definition) is 6. The smallest absolute Gasteiger partial charge is 0.311 e. The summed E-state index contributed by atoms with van der Waals surface area (Å²) >= 11 is 1.64. The van der Waals surface area contributed by atoms with Gasteiger partial charge in [-0.2, -0.15) is 0 Å². The average Bonchev–Trinajstić information content (AvgIpc) is 3.41. The van der Waals surface area contributed by atoms with Crippen LogP contribution in [0.2, 0.25) is 0 Å². The zero-order valence-corrected chi connectivity index (χ0v) is 23.4. The Kier molecular flexibility index (Phi) is 9.03. The normalized spacial score (nSPS) is 32.4. The molecule has 7 atom stereocenters. The lowest BCUT2D eigenvalue weighted by Crippen LogP contribution is -2.59. The molecular formula is C28H44N2O5S. The van der Waals surface area contributed by atoms with Crippen LogP contribution in [0.1, 0.15) is 66.7 Å². The van der Waals surface area contributed by atoms with E-state index >= 15 is 0 Å². The van der Waals surface area contributed by atoms with Gasteiger partial charge in [0.15, 0.2) is 0 Å². The van der Waals surface area contributed by atoms with E-state index in [9.17, 15) is 19.5 Å². The molecule has 2 unspecified atom stereocenters. The molecule has 3 aliphatic heterocycles. The van der Waals surface area contributed by atoms with Gasteiger partial charge in [-0.1, -0.05) is 32.4 Å². The first-order valence-electron chi connectivity index (χ1n) is 13.4. The first kappa shape index (κ1) is 28.8. The molecule has 0 aromatic heterocycles. The van der Waals surface area contributed by atoms with Crippen molar-refractivity contribution in [2.45, 2.75) is 94.3 Å². The number of carbonyl (C=O) groups is 3. The van der Waals surface area contributed by atoms with Gasteiger partial charge in [0.25, 0.3) is 0 Å². The molecule has 0 aromatic rings. The molecule has 8 heteroatoms. The first-order chi connectivity index (χ1) is 17.0. The molecule has 1 spiro atoms. The Labute approximate surface area is 220 Å². The van der Waals surface area contributed by atoms with Crippen molar-refractivity contribution in [2.75, 3.05) is 19.8 Å². The van der Waals surface area contributed by atoms with E-state index in [1.54, 1.807) is 33.7 Å². The van der Waals surface area contributed by atoms with Crippen molar-refractivity contribution in [2.24, 2.45) is 17.8 Å². The Morgan fingerprint density at radius 2 is 1.97 bits per heavy atom. The molecule has 0 radical (unpaired) electrons. The second-order valence-corrected chi connectivity index (χ2v) is 13.0. The van der Waals surface area contributed by atoms with E-state index in [2.05, 4.69) is 13.2 Å². The molecule has 3 rings (SSSR count). The number of ether oxygens (including phenoxy) is 1. The van der Waals surface area contributed by atoms with Crippen LogP contribution in [0.25, 0.3) is 0 Å². The number of esters is 1. The van der Waals surface area contributed by atoms with Crippen LogP contribution in [-0.4, -0.2) is 80.1 Å². The van der Waals surface area contributed by atoms with Crippen LogP contribution in [0, 0.1) is 17.8 Å². The Morgan fingerprint density at radius 1 is 1.28 bits per heavy atom. The van der Waals surface area contributed by atoms with Gasteiger partial charge >= 0.3 is 5.97 Å². The number of unbranched alkanes of at least 4 members (excludes halogenated alkanes) is 1. The molecule has 0 aromatic carbocycles. The fraction of sp³-hybridized carbons (Fsp3) is 0.750. The topological polar surface area (TPSA) is 87.1 Å². The first-order valence-corrected chi connectivity index (χ1v) is 14.2. The SMILES string of the molecule is C=CCCCOC(=O)[C@H]1[C@H]2C(=O)N([C@@H](CO)[C@@H](C)CC)C(C(=O)N(CC=C)C(C)C)C23CC[C@]1(C)S3. The number of hydrogen-bond donors (Lipinski definition) is 1. The van der Waals surface area contributed by atoms with Crippen molar-refractivity contribution in [1.82, 2.24) is 9.80 Å². The van der Waals surface area contributed by atoms with Gasteiger partial charge in [-0.25, -0.2) is 0 Å².